The number of rotatable bonds is 7. The maximum absolute atomic E-state index is 13.1. The van der Waals surface area contributed by atoms with Crippen molar-refractivity contribution < 1.29 is 32.7 Å². The molecule has 1 aromatic heterocycles. The van der Waals surface area contributed by atoms with Crippen molar-refractivity contribution in [2.45, 2.75) is 18.9 Å². The van der Waals surface area contributed by atoms with Gasteiger partial charge in [0, 0.05) is 18.3 Å². The molecule has 1 aliphatic heterocycles. The minimum Gasteiger partial charge on any atom is -0.454 e. The van der Waals surface area contributed by atoms with Crippen molar-refractivity contribution in [3.63, 3.8) is 0 Å². The van der Waals surface area contributed by atoms with Crippen LogP contribution in [0.5, 0.6) is 0 Å². The molecule has 3 amide bonds. The Morgan fingerprint density at radius 3 is 2.65 bits per heavy atom. The van der Waals surface area contributed by atoms with E-state index in [1.165, 1.54) is 22.3 Å². The van der Waals surface area contributed by atoms with Crippen molar-refractivity contribution in [1.29, 1.82) is 0 Å². The van der Waals surface area contributed by atoms with Gasteiger partial charge in [-0.05, 0) is 36.4 Å². The number of likely N-dealkylation sites (tertiary alicyclic amines) is 1. The second-order valence-corrected chi connectivity index (χ2v) is 7.64. The van der Waals surface area contributed by atoms with Crippen LogP contribution in [-0.4, -0.2) is 54.3 Å². The summed E-state index contributed by atoms with van der Waals surface area (Å²) in [6.45, 7) is -0.649. The minimum atomic E-state index is -1.12. The van der Waals surface area contributed by atoms with Crippen LogP contribution >= 0.6 is 11.3 Å². The summed E-state index contributed by atoms with van der Waals surface area (Å²) in [6, 6.07) is 5.49. The van der Waals surface area contributed by atoms with Crippen molar-refractivity contribution in [2.24, 2.45) is 0 Å². The monoisotopic (exact) mass is 451 g/mol. The lowest BCUT2D eigenvalue weighted by molar-refractivity contribution is -0.152. The van der Waals surface area contributed by atoms with Crippen molar-refractivity contribution in [2.75, 3.05) is 25.0 Å². The van der Waals surface area contributed by atoms with Gasteiger partial charge >= 0.3 is 5.97 Å². The van der Waals surface area contributed by atoms with Crippen LogP contribution in [0, 0.1) is 11.6 Å². The Labute approximate surface area is 180 Å². The number of amides is 3. The van der Waals surface area contributed by atoms with Gasteiger partial charge in [-0.2, -0.15) is 0 Å². The van der Waals surface area contributed by atoms with Crippen LogP contribution in [0.2, 0.25) is 0 Å². The van der Waals surface area contributed by atoms with Crippen molar-refractivity contribution in [3.05, 3.63) is 52.2 Å². The van der Waals surface area contributed by atoms with E-state index in [9.17, 15) is 28.0 Å². The molecule has 1 aliphatic rings. The third-order valence-electron chi connectivity index (χ3n) is 4.51. The molecule has 11 heteroatoms. The van der Waals surface area contributed by atoms with E-state index in [1.807, 2.05) is 0 Å². The van der Waals surface area contributed by atoms with Gasteiger partial charge in [0.05, 0.1) is 11.4 Å². The molecule has 164 valence electrons. The molecule has 1 saturated heterocycles. The molecule has 2 heterocycles. The summed E-state index contributed by atoms with van der Waals surface area (Å²) in [6.07, 6.45) is 1.08. The van der Waals surface area contributed by atoms with Crippen molar-refractivity contribution in [1.82, 2.24) is 10.2 Å². The highest BCUT2D eigenvalue weighted by Crippen LogP contribution is 2.23. The lowest BCUT2D eigenvalue weighted by atomic mass is 10.2. The van der Waals surface area contributed by atoms with Crippen molar-refractivity contribution >= 4 is 40.7 Å². The molecule has 31 heavy (non-hydrogen) atoms. The zero-order valence-corrected chi connectivity index (χ0v) is 17.0. The topological polar surface area (TPSA) is 105 Å². The number of halogens is 2. The first-order chi connectivity index (χ1) is 14.8. The highest BCUT2D eigenvalue weighted by Gasteiger charge is 2.36. The zero-order chi connectivity index (χ0) is 22.4. The average Bonchev–Trinajstić information content (AvgIpc) is 3.45. The molecule has 8 nitrogen and oxygen atoms in total. The van der Waals surface area contributed by atoms with E-state index in [0.717, 1.165) is 12.1 Å². The molecule has 0 bridgehead atoms. The fourth-order valence-electron chi connectivity index (χ4n) is 3.04. The predicted octanol–water partition coefficient (Wildman–Crippen LogP) is 1.93. The lowest BCUT2D eigenvalue weighted by Gasteiger charge is -2.22. The zero-order valence-electron chi connectivity index (χ0n) is 16.2. The van der Waals surface area contributed by atoms with Gasteiger partial charge in [-0.25, -0.2) is 13.6 Å². The van der Waals surface area contributed by atoms with E-state index in [1.54, 1.807) is 17.5 Å². The van der Waals surface area contributed by atoms with E-state index >= 15 is 0 Å². The number of thiophene rings is 1. The van der Waals surface area contributed by atoms with Gasteiger partial charge in [0.1, 0.15) is 6.04 Å². The third kappa shape index (κ3) is 5.85. The van der Waals surface area contributed by atoms with Crippen LogP contribution in [0.3, 0.4) is 0 Å². The van der Waals surface area contributed by atoms with Crippen LogP contribution in [0.1, 0.15) is 22.5 Å². The average molecular weight is 451 g/mol. The molecular formula is C20H19F2N3O5S. The van der Waals surface area contributed by atoms with Crippen LogP contribution in [0.4, 0.5) is 14.5 Å². The molecule has 0 aliphatic carbocycles. The number of nitrogens with one attached hydrogen (secondary N) is 2. The molecule has 3 rings (SSSR count). The number of esters is 1. The van der Waals surface area contributed by atoms with E-state index < -0.39 is 48.6 Å². The van der Waals surface area contributed by atoms with Gasteiger partial charge in [0.2, 0.25) is 5.91 Å². The van der Waals surface area contributed by atoms with E-state index in [0.29, 0.717) is 24.3 Å². The van der Waals surface area contributed by atoms with Crippen LogP contribution < -0.4 is 10.6 Å². The predicted molar refractivity (Wildman–Crippen MR) is 107 cm³/mol. The SMILES string of the molecule is O=C(COC(=O)[C@@H]1CCCN1C(=O)c1cccs1)NCC(=O)Nc1ccc(F)c(F)c1. The number of carbonyl (C=O) groups is 4. The van der Waals surface area contributed by atoms with Crippen LogP contribution in [0.25, 0.3) is 0 Å². The maximum Gasteiger partial charge on any atom is 0.329 e. The van der Waals surface area contributed by atoms with Crippen LogP contribution in [-0.2, 0) is 19.1 Å². The Kier molecular flexibility index (Phi) is 7.29. The summed E-state index contributed by atoms with van der Waals surface area (Å²) >= 11 is 1.28. The summed E-state index contributed by atoms with van der Waals surface area (Å²) in [5.74, 6) is -4.51. The highest BCUT2D eigenvalue weighted by molar-refractivity contribution is 7.12. The molecule has 0 saturated carbocycles. The fraction of sp³-hybridized carbons (Fsp3) is 0.300. The number of benzene rings is 1. The first-order valence-electron chi connectivity index (χ1n) is 9.38. The second kappa shape index (κ2) is 10.1. The smallest absolute Gasteiger partial charge is 0.329 e. The van der Waals surface area contributed by atoms with Crippen molar-refractivity contribution in [3.8, 4) is 0 Å². The Bertz CT molecular complexity index is 983. The standard InChI is InChI=1S/C20H19F2N3O5S/c21-13-6-5-12(9-14(13)22)24-17(26)10-23-18(27)11-30-20(29)15-3-1-7-25(15)19(28)16-4-2-8-31-16/h2,4-6,8-9,15H,1,3,7,10-11H2,(H,23,27)(H,24,26)/t15-/m0/s1. The summed E-state index contributed by atoms with van der Waals surface area (Å²) in [4.78, 5) is 50.4. The quantitative estimate of drug-likeness (QED) is 0.626. The molecule has 2 N–H and O–H groups in total. The summed E-state index contributed by atoms with van der Waals surface area (Å²) in [5, 5.41) is 6.32. The van der Waals surface area contributed by atoms with Gasteiger partial charge < -0.3 is 20.3 Å². The van der Waals surface area contributed by atoms with Gasteiger partial charge in [0.25, 0.3) is 11.8 Å². The van der Waals surface area contributed by atoms with E-state index in [2.05, 4.69) is 10.6 Å². The lowest BCUT2D eigenvalue weighted by Crippen LogP contribution is -2.42. The summed E-state index contributed by atoms with van der Waals surface area (Å²) in [5.41, 5.74) is 0.0290. The van der Waals surface area contributed by atoms with Gasteiger partial charge in [0.15, 0.2) is 18.2 Å². The largest absolute Gasteiger partial charge is 0.454 e. The Balaban J connectivity index is 1.42. The Morgan fingerprint density at radius 1 is 1.13 bits per heavy atom. The summed E-state index contributed by atoms with van der Waals surface area (Å²) < 4.78 is 31.0. The molecule has 1 atom stereocenters. The van der Waals surface area contributed by atoms with Gasteiger partial charge in [-0.1, -0.05) is 6.07 Å². The minimum absolute atomic E-state index is 0.0290. The number of hydrogen-bond donors (Lipinski definition) is 2. The Hall–Kier alpha value is -3.34. The third-order valence-corrected chi connectivity index (χ3v) is 5.37. The van der Waals surface area contributed by atoms with Gasteiger partial charge in [-0.3, -0.25) is 14.4 Å². The number of nitrogens with zero attached hydrogens (tertiary/aromatic N) is 1. The molecule has 1 fully saturated rings. The first-order valence-corrected chi connectivity index (χ1v) is 10.3. The molecule has 0 radical (unpaired) electrons. The number of hydrogen-bond acceptors (Lipinski definition) is 6. The molecule has 2 aromatic rings. The second-order valence-electron chi connectivity index (χ2n) is 6.70. The fourth-order valence-corrected chi connectivity index (χ4v) is 3.72. The maximum atomic E-state index is 13.1. The number of carbonyl (C=O) groups excluding carboxylic acids is 4. The Morgan fingerprint density at radius 2 is 1.94 bits per heavy atom. The highest BCUT2D eigenvalue weighted by atomic mass is 32.1. The van der Waals surface area contributed by atoms with Crippen LogP contribution in [0.15, 0.2) is 35.7 Å². The molecular weight excluding hydrogens is 432 g/mol. The summed E-state index contributed by atoms with van der Waals surface area (Å²) in [7, 11) is 0. The van der Waals surface area contributed by atoms with E-state index in [-0.39, 0.29) is 11.6 Å². The molecule has 0 unspecified atom stereocenters. The first kappa shape index (κ1) is 22.3. The number of anilines is 1. The molecule has 1 aromatic carbocycles. The molecule has 0 spiro atoms. The van der Waals surface area contributed by atoms with E-state index in [4.69, 9.17) is 4.74 Å². The number of ether oxygens (including phenoxy) is 1. The normalized spacial score (nSPS) is 15.4. The van der Waals surface area contributed by atoms with Gasteiger partial charge in [-0.15, -0.1) is 11.3 Å².